The molecule has 1 amide bonds. The molecule has 2 heterocycles. The van der Waals surface area contributed by atoms with Gasteiger partial charge in [0.25, 0.3) is 5.91 Å². The highest BCUT2D eigenvalue weighted by Gasteiger charge is 2.20. The molecule has 0 fully saturated rings. The molecule has 8 nitrogen and oxygen atoms in total. The predicted molar refractivity (Wildman–Crippen MR) is 122 cm³/mol. The number of hydrogen-bond acceptors (Lipinski definition) is 6. The number of carbonyl (C=O) groups is 1. The molecule has 1 N–H and O–H groups in total. The number of amides is 1. The third-order valence-corrected chi connectivity index (χ3v) is 5.29. The number of nitriles is 1. The number of hydrogen-bond donors (Lipinski definition) is 1. The fraction of sp³-hybridized carbons (Fsp3) is 0.167. The fourth-order valence-corrected chi connectivity index (χ4v) is 3.55. The quantitative estimate of drug-likeness (QED) is 0.449. The van der Waals surface area contributed by atoms with Gasteiger partial charge in [-0.15, -0.1) is 0 Å². The minimum absolute atomic E-state index is 0.0606. The smallest absolute Gasteiger partial charge is 0.349 e. The van der Waals surface area contributed by atoms with Gasteiger partial charge in [0.1, 0.15) is 28.6 Å². The van der Waals surface area contributed by atoms with E-state index in [2.05, 4.69) is 15.3 Å². The fourth-order valence-electron chi connectivity index (χ4n) is 3.55. The first-order valence-corrected chi connectivity index (χ1v) is 10.3. The number of anilines is 2. The molecule has 2 aromatic heterocycles. The minimum Gasteiger partial charge on any atom is -0.422 e. The molecule has 0 saturated heterocycles. The van der Waals surface area contributed by atoms with Crippen LogP contribution in [0.1, 0.15) is 29.8 Å². The van der Waals surface area contributed by atoms with E-state index in [4.69, 9.17) is 4.42 Å². The van der Waals surface area contributed by atoms with Crippen LogP contribution in [0.15, 0.2) is 63.9 Å². The molecule has 0 unspecified atom stereocenters. The van der Waals surface area contributed by atoms with Crippen LogP contribution in [0.5, 0.6) is 0 Å². The zero-order valence-electron chi connectivity index (χ0n) is 18.0. The van der Waals surface area contributed by atoms with E-state index in [1.807, 2.05) is 26.0 Å². The van der Waals surface area contributed by atoms with Gasteiger partial charge in [-0.25, -0.2) is 13.9 Å². The van der Waals surface area contributed by atoms with Crippen molar-refractivity contribution in [1.29, 1.82) is 5.26 Å². The summed E-state index contributed by atoms with van der Waals surface area (Å²) in [5, 5.41) is 16.7. The Bertz CT molecular complexity index is 1430. The monoisotopic (exact) mass is 445 g/mol. The van der Waals surface area contributed by atoms with Gasteiger partial charge in [-0.3, -0.25) is 4.79 Å². The maximum absolute atomic E-state index is 13.3. The minimum atomic E-state index is -0.803. The summed E-state index contributed by atoms with van der Waals surface area (Å²) >= 11 is 0. The van der Waals surface area contributed by atoms with Crippen LogP contribution in [0.4, 0.5) is 15.9 Å². The Morgan fingerprint density at radius 1 is 1.18 bits per heavy atom. The number of nitrogens with zero attached hydrogens (tertiary/aromatic N) is 4. The maximum Gasteiger partial charge on any atom is 0.349 e. The van der Waals surface area contributed by atoms with Gasteiger partial charge in [0, 0.05) is 30.2 Å². The Morgan fingerprint density at radius 3 is 2.58 bits per heavy atom. The Morgan fingerprint density at radius 2 is 1.91 bits per heavy atom. The van der Waals surface area contributed by atoms with Gasteiger partial charge in [-0.2, -0.15) is 10.4 Å². The zero-order chi connectivity index (χ0) is 23.5. The molecule has 0 aliphatic rings. The van der Waals surface area contributed by atoms with Crippen LogP contribution < -0.4 is 15.8 Å². The van der Waals surface area contributed by atoms with Crippen LogP contribution in [-0.4, -0.2) is 28.8 Å². The predicted octanol–water partition coefficient (Wildman–Crippen LogP) is 4.09. The van der Waals surface area contributed by atoms with Crippen molar-refractivity contribution in [2.45, 2.75) is 13.8 Å². The Hall–Kier alpha value is -4.45. The maximum atomic E-state index is 13.3. The summed E-state index contributed by atoms with van der Waals surface area (Å²) in [5.74, 6) is -1.13. The standard InChI is InChI=1S/C24H20FN5O3/c1-3-29(4-2)19-8-5-15-11-20(24(32)33-21(15)12-19)23(31)28-22-16(13-26)14-27-30(22)18-9-6-17(25)7-10-18/h5-12,14H,3-4H2,1-2H3,(H,28,31). The molecule has 9 heteroatoms. The Kier molecular flexibility index (Phi) is 5.91. The highest BCUT2D eigenvalue weighted by atomic mass is 19.1. The molecule has 33 heavy (non-hydrogen) atoms. The van der Waals surface area contributed by atoms with Crippen LogP contribution in [0, 0.1) is 17.1 Å². The van der Waals surface area contributed by atoms with E-state index in [1.54, 1.807) is 12.1 Å². The van der Waals surface area contributed by atoms with E-state index in [9.17, 15) is 19.2 Å². The Labute approximate surface area is 188 Å². The normalized spacial score (nSPS) is 10.7. The summed E-state index contributed by atoms with van der Waals surface area (Å²) in [6.07, 6.45) is 1.27. The number of fused-ring (bicyclic) bond motifs is 1. The molecular formula is C24H20FN5O3. The number of rotatable bonds is 6. The second kappa shape index (κ2) is 8.96. The Balaban J connectivity index is 1.70. The largest absolute Gasteiger partial charge is 0.422 e. The van der Waals surface area contributed by atoms with Crippen molar-refractivity contribution in [3.05, 3.63) is 82.1 Å². The molecule has 0 bridgehead atoms. The van der Waals surface area contributed by atoms with Crippen LogP contribution in [0.3, 0.4) is 0 Å². The van der Waals surface area contributed by atoms with Crippen molar-refractivity contribution in [2.24, 2.45) is 0 Å². The number of aromatic nitrogens is 2. The van der Waals surface area contributed by atoms with Crippen LogP contribution >= 0.6 is 0 Å². The van der Waals surface area contributed by atoms with Crippen molar-refractivity contribution in [3.63, 3.8) is 0 Å². The summed E-state index contributed by atoms with van der Waals surface area (Å²) in [7, 11) is 0. The number of nitrogens with one attached hydrogen (secondary N) is 1. The lowest BCUT2D eigenvalue weighted by Crippen LogP contribution is -2.23. The second-order valence-corrected chi connectivity index (χ2v) is 7.20. The first-order chi connectivity index (χ1) is 15.9. The molecule has 2 aromatic carbocycles. The summed E-state index contributed by atoms with van der Waals surface area (Å²) < 4.78 is 20.0. The number of halogens is 1. The van der Waals surface area contributed by atoms with Crippen molar-refractivity contribution in [2.75, 3.05) is 23.3 Å². The third kappa shape index (κ3) is 4.19. The molecule has 0 aliphatic carbocycles. The highest BCUT2D eigenvalue weighted by Crippen LogP contribution is 2.24. The first kappa shape index (κ1) is 21.8. The van der Waals surface area contributed by atoms with Crippen LogP contribution in [0.2, 0.25) is 0 Å². The lowest BCUT2D eigenvalue weighted by molar-refractivity contribution is 0.102. The highest BCUT2D eigenvalue weighted by molar-refractivity contribution is 6.05. The first-order valence-electron chi connectivity index (χ1n) is 10.3. The summed E-state index contributed by atoms with van der Waals surface area (Å²) in [6, 6.07) is 14.2. The van der Waals surface area contributed by atoms with Gasteiger partial charge >= 0.3 is 5.63 Å². The lowest BCUT2D eigenvalue weighted by atomic mass is 10.1. The molecule has 166 valence electrons. The SMILES string of the molecule is CCN(CC)c1ccc2cc(C(=O)Nc3c(C#N)cnn3-c3ccc(F)cc3)c(=O)oc2c1. The van der Waals surface area contributed by atoms with Crippen molar-refractivity contribution in [3.8, 4) is 11.8 Å². The molecule has 0 aliphatic heterocycles. The molecule has 4 aromatic rings. The summed E-state index contributed by atoms with van der Waals surface area (Å²) in [5.41, 5.74) is 0.783. The second-order valence-electron chi connectivity index (χ2n) is 7.20. The van der Waals surface area contributed by atoms with Crippen molar-refractivity contribution < 1.29 is 13.6 Å². The van der Waals surface area contributed by atoms with Gasteiger partial charge in [-0.05, 0) is 56.3 Å². The molecule has 0 spiro atoms. The van der Waals surface area contributed by atoms with E-state index in [0.717, 1.165) is 18.8 Å². The molecular weight excluding hydrogens is 425 g/mol. The average Bonchev–Trinajstić information content (AvgIpc) is 3.22. The summed E-state index contributed by atoms with van der Waals surface area (Å²) in [6.45, 7) is 5.66. The summed E-state index contributed by atoms with van der Waals surface area (Å²) in [4.78, 5) is 27.7. The van der Waals surface area contributed by atoms with Crippen LogP contribution in [0.25, 0.3) is 16.7 Å². The van der Waals surface area contributed by atoms with E-state index >= 15 is 0 Å². The topological polar surface area (TPSA) is 104 Å². The zero-order valence-corrected chi connectivity index (χ0v) is 18.0. The van der Waals surface area contributed by atoms with Gasteiger partial charge in [0.2, 0.25) is 0 Å². The molecule has 4 rings (SSSR count). The van der Waals surface area contributed by atoms with E-state index in [1.165, 1.54) is 41.2 Å². The molecule has 0 saturated carbocycles. The van der Waals surface area contributed by atoms with E-state index in [0.29, 0.717) is 16.7 Å². The average molecular weight is 445 g/mol. The lowest BCUT2D eigenvalue weighted by Gasteiger charge is -2.21. The molecule has 0 atom stereocenters. The third-order valence-electron chi connectivity index (χ3n) is 5.29. The van der Waals surface area contributed by atoms with E-state index in [-0.39, 0.29) is 16.9 Å². The van der Waals surface area contributed by atoms with Crippen LogP contribution in [-0.2, 0) is 0 Å². The number of carbonyl (C=O) groups excluding carboxylic acids is 1. The van der Waals surface area contributed by atoms with E-state index < -0.39 is 17.3 Å². The van der Waals surface area contributed by atoms with Crippen molar-refractivity contribution >= 4 is 28.4 Å². The van der Waals surface area contributed by atoms with Crippen molar-refractivity contribution in [1.82, 2.24) is 9.78 Å². The van der Waals surface area contributed by atoms with Gasteiger partial charge in [0.15, 0.2) is 5.82 Å². The molecule has 0 radical (unpaired) electrons. The van der Waals surface area contributed by atoms with Gasteiger partial charge in [0.05, 0.1) is 11.9 Å². The van der Waals surface area contributed by atoms with Gasteiger partial charge in [-0.1, -0.05) is 0 Å². The number of benzene rings is 2. The van der Waals surface area contributed by atoms with Gasteiger partial charge < -0.3 is 14.6 Å².